The highest BCUT2D eigenvalue weighted by molar-refractivity contribution is 5.69. The molecule has 0 spiro atoms. The predicted molar refractivity (Wildman–Crippen MR) is 67.5 cm³/mol. The zero-order chi connectivity index (χ0) is 14.4. The van der Waals surface area contributed by atoms with Crippen LogP contribution in [0.1, 0.15) is 26.5 Å². The molecular formula is C11H18N4O4. The Morgan fingerprint density at radius 1 is 1.63 bits per heavy atom. The molecule has 0 unspecified atom stereocenters. The Balaban J connectivity index is 2.86. The molecule has 1 N–H and O–H groups in total. The molecule has 0 atom stereocenters. The largest absolute Gasteiger partial charge is 0.465 e. The fraction of sp³-hybridized carbons (Fsp3) is 0.636. The highest BCUT2D eigenvalue weighted by Gasteiger charge is 2.20. The molecule has 0 saturated carbocycles. The standard InChI is InChI=1S/C11H18N4O4/c1-4-19-11(16)7-14-9(6-12-8(2)3)5-10(13-14)15(17)18/h5,8,12H,4,6-7H2,1-3H3. The average molecular weight is 270 g/mol. The van der Waals surface area contributed by atoms with E-state index in [-0.39, 0.29) is 25.0 Å². The number of hydrogen-bond acceptors (Lipinski definition) is 6. The summed E-state index contributed by atoms with van der Waals surface area (Å²) in [6.45, 7) is 6.15. The number of esters is 1. The topological polar surface area (TPSA) is 99.3 Å². The van der Waals surface area contributed by atoms with Crippen LogP contribution in [0.25, 0.3) is 0 Å². The van der Waals surface area contributed by atoms with E-state index in [1.165, 1.54) is 10.7 Å². The monoisotopic (exact) mass is 270 g/mol. The Labute approximate surface area is 110 Å². The van der Waals surface area contributed by atoms with Crippen LogP contribution in [-0.4, -0.2) is 33.3 Å². The van der Waals surface area contributed by atoms with Gasteiger partial charge in [0.2, 0.25) is 0 Å². The lowest BCUT2D eigenvalue weighted by Crippen LogP contribution is -2.25. The van der Waals surface area contributed by atoms with Gasteiger partial charge in [0, 0.05) is 12.6 Å². The molecule has 1 aromatic rings. The van der Waals surface area contributed by atoms with E-state index in [1.54, 1.807) is 6.92 Å². The number of nitrogens with one attached hydrogen (secondary N) is 1. The first-order valence-electron chi connectivity index (χ1n) is 6.04. The maximum atomic E-state index is 11.4. The SMILES string of the molecule is CCOC(=O)Cn1nc([N+](=O)[O-])cc1CNC(C)C. The molecule has 0 amide bonds. The Morgan fingerprint density at radius 2 is 2.32 bits per heavy atom. The van der Waals surface area contributed by atoms with Crippen molar-refractivity contribution in [1.29, 1.82) is 0 Å². The van der Waals surface area contributed by atoms with Crippen molar-refractivity contribution in [2.24, 2.45) is 0 Å². The summed E-state index contributed by atoms with van der Waals surface area (Å²) in [5.41, 5.74) is 0.577. The molecule has 0 radical (unpaired) electrons. The van der Waals surface area contributed by atoms with Gasteiger partial charge in [0.25, 0.3) is 0 Å². The maximum Gasteiger partial charge on any atom is 0.390 e. The van der Waals surface area contributed by atoms with Gasteiger partial charge >= 0.3 is 11.8 Å². The van der Waals surface area contributed by atoms with Crippen LogP contribution in [0.4, 0.5) is 5.82 Å². The van der Waals surface area contributed by atoms with Crippen LogP contribution in [0.15, 0.2) is 6.07 Å². The molecule has 0 saturated heterocycles. The van der Waals surface area contributed by atoms with E-state index < -0.39 is 10.9 Å². The highest BCUT2D eigenvalue weighted by atomic mass is 16.6. The van der Waals surface area contributed by atoms with Gasteiger partial charge < -0.3 is 20.2 Å². The summed E-state index contributed by atoms with van der Waals surface area (Å²) in [5.74, 6) is -0.740. The van der Waals surface area contributed by atoms with Gasteiger partial charge in [0.15, 0.2) is 6.54 Å². The van der Waals surface area contributed by atoms with Crippen LogP contribution in [0.5, 0.6) is 0 Å². The number of rotatable bonds is 7. The van der Waals surface area contributed by atoms with Crippen molar-refractivity contribution in [3.05, 3.63) is 21.9 Å². The Hall–Kier alpha value is -1.96. The lowest BCUT2D eigenvalue weighted by atomic mass is 10.3. The lowest BCUT2D eigenvalue weighted by Gasteiger charge is -2.07. The average Bonchev–Trinajstić information content (AvgIpc) is 2.70. The summed E-state index contributed by atoms with van der Waals surface area (Å²) in [5, 5.41) is 17.6. The minimum atomic E-state index is -0.583. The third-order valence-electron chi connectivity index (χ3n) is 2.31. The van der Waals surface area contributed by atoms with E-state index in [4.69, 9.17) is 4.74 Å². The van der Waals surface area contributed by atoms with Crippen molar-refractivity contribution in [3.63, 3.8) is 0 Å². The summed E-state index contributed by atoms with van der Waals surface area (Å²) >= 11 is 0. The smallest absolute Gasteiger partial charge is 0.390 e. The van der Waals surface area contributed by atoms with Gasteiger partial charge in [-0.15, -0.1) is 0 Å². The third-order valence-corrected chi connectivity index (χ3v) is 2.31. The van der Waals surface area contributed by atoms with E-state index in [1.807, 2.05) is 13.8 Å². The molecule has 0 aliphatic heterocycles. The van der Waals surface area contributed by atoms with E-state index >= 15 is 0 Å². The maximum absolute atomic E-state index is 11.4. The van der Waals surface area contributed by atoms with Crippen LogP contribution in [0, 0.1) is 10.1 Å². The fourth-order valence-electron chi connectivity index (χ4n) is 1.45. The van der Waals surface area contributed by atoms with Gasteiger partial charge in [-0.05, 0) is 11.8 Å². The van der Waals surface area contributed by atoms with Gasteiger partial charge in [-0.1, -0.05) is 13.8 Å². The van der Waals surface area contributed by atoms with Gasteiger partial charge in [-0.25, -0.2) is 4.79 Å². The number of nitrogens with zero attached hydrogens (tertiary/aromatic N) is 3. The minimum Gasteiger partial charge on any atom is -0.465 e. The molecule has 106 valence electrons. The molecule has 1 aromatic heterocycles. The van der Waals surface area contributed by atoms with Crippen LogP contribution >= 0.6 is 0 Å². The van der Waals surface area contributed by atoms with E-state index in [9.17, 15) is 14.9 Å². The van der Waals surface area contributed by atoms with E-state index in [0.717, 1.165) is 0 Å². The third kappa shape index (κ3) is 4.66. The molecule has 8 nitrogen and oxygen atoms in total. The second-order valence-corrected chi connectivity index (χ2v) is 4.25. The van der Waals surface area contributed by atoms with Gasteiger partial charge in [-0.3, -0.25) is 0 Å². The number of carbonyl (C=O) groups is 1. The second-order valence-electron chi connectivity index (χ2n) is 4.25. The Morgan fingerprint density at radius 3 is 2.84 bits per heavy atom. The van der Waals surface area contributed by atoms with E-state index in [2.05, 4.69) is 10.4 Å². The summed E-state index contributed by atoms with van der Waals surface area (Å²) in [6, 6.07) is 1.58. The summed E-state index contributed by atoms with van der Waals surface area (Å²) in [4.78, 5) is 21.5. The Kier molecular flexibility index (Phi) is 5.43. The molecule has 0 aliphatic carbocycles. The fourth-order valence-corrected chi connectivity index (χ4v) is 1.45. The number of nitro groups is 1. The highest BCUT2D eigenvalue weighted by Crippen LogP contribution is 2.12. The number of ether oxygens (including phenoxy) is 1. The van der Waals surface area contributed by atoms with Crippen LogP contribution in [0.2, 0.25) is 0 Å². The molecule has 1 rings (SSSR count). The van der Waals surface area contributed by atoms with Crippen LogP contribution in [0.3, 0.4) is 0 Å². The van der Waals surface area contributed by atoms with E-state index in [0.29, 0.717) is 12.2 Å². The molecule has 0 bridgehead atoms. The van der Waals surface area contributed by atoms with Crippen molar-refractivity contribution in [2.75, 3.05) is 6.61 Å². The first-order valence-corrected chi connectivity index (χ1v) is 6.04. The minimum absolute atomic E-state index is 0.128. The van der Waals surface area contributed by atoms with Crippen molar-refractivity contribution >= 4 is 11.8 Å². The van der Waals surface area contributed by atoms with Gasteiger partial charge in [-0.2, -0.15) is 4.68 Å². The molecule has 1 heterocycles. The first kappa shape index (κ1) is 15.1. The molecule has 0 aromatic carbocycles. The summed E-state index contributed by atoms with van der Waals surface area (Å²) in [7, 11) is 0. The number of aromatic nitrogens is 2. The predicted octanol–water partition coefficient (Wildman–Crippen LogP) is 0.852. The molecule has 0 fully saturated rings. The van der Waals surface area contributed by atoms with Crippen LogP contribution < -0.4 is 5.32 Å². The Bertz CT molecular complexity index is 456. The zero-order valence-electron chi connectivity index (χ0n) is 11.3. The van der Waals surface area contributed by atoms with Crippen molar-refractivity contribution in [1.82, 2.24) is 15.1 Å². The molecule has 8 heteroatoms. The number of hydrogen-bond donors (Lipinski definition) is 1. The molecular weight excluding hydrogens is 252 g/mol. The van der Waals surface area contributed by atoms with Crippen molar-refractivity contribution < 1.29 is 14.5 Å². The molecule has 19 heavy (non-hydrogen) atoms. The van der Waals surface area contributed by atoms with Crippen molar-refractivity contribution in [2.45, 2.75) is 39.9 Å². The quantitative estimate of drug-likeness (QED) is 0.448. The normalized spacial score (nSPS) is 10.7. The number of carbonyl (C=O) groups excluding carboxylic acids is 1. The second kappa shape index (κ2) is 6.83. The first-order chi connectivity index (χ1) is 8.93. The van der Waals surface area contributed by atoms with Crippen LogP contribution in [-0.2, 0) is 22.6 Å². The summed E-state index contributed by atoms with van der Waals surface area (Å²) < 4.78 is 6.10. The lowest BCUT2D eigenvalue weighted by molar-refractivity contribution is -0.389. The summed E-state index contributed by atoms with van der Waals surface area (Å²) in [6.07, 6.45) is 0. The van der Waals surface area contributed by atoms with Gasteiger partial charge in [0.05, 0.1) is 23.5 Å². The van der Waals surface area contributed by atoms with Gasteiger partial charge in [0.1, 0.15) is 0 Å². The zero-order valence-corrected chi connectivity index (χ0v) is 11.3. The van der Waals surface area contributed by atoms with Crippen molar-refractivity contribution in [3.8, 4) is 0 Å². The molecule has 0 aliphatic rings.